The van der Waals surface area contributed by atoms with Crippen molar-refractivity contribution < 1.29 is 4.39 Å². The van der Waals surface area contributed by atoms with E-state index in [2.05, 4.69) is 12.2 Å². The highest BCUT2D eigenvalue weighted by molar-refractivity contribution is 5.26. The fourth-order valence-electron chi connectivity index (χ4n) is 1.58. The first kappa shape index (κ1) is 12.2. The molecule has 1 rings (SSSR count). The molecule has 0 aromatic heterocycles. The molecule has 0 fully saturated rings. The first-order chi connectivity index (χ1) is 7.24. The van der Waals surface area contributed by atoms with Gasteiger partial charge in [0.1, 0.15) is 5.82 Å². The van der Waals surface area contributed by atoms with Crippen LogP contribution in [0.2, 0.25) is 0 Å². The molecular formula is C13H20FN. The van der Waals surface area contributed by atoms with Crippen LogP contribution in [0, 0.1) is 12.7 Å². The van der Waals surface area contributed by atoms with Crippen molar-refractivity contribution in [3.63, 3.8) is 0 Å². The third kappa shape index (κ3) is 4.43. The SMILES string of the molecule is CCCCCNCc1ccc(F)cc1C. The van der Waals surface area contributed by atoms with Gasteiger partial charge in [0.05, 0.1) is 0 Å². The largest absolute Gasteiger partial charge is 0.313 e. The van der Waals surface area contributed by atoms with Crippen LogP contribution < -0.4 is 5.32 Å². The molecule has 0 aliphatic rings. The Bertz CT molecular complexity index is 297. The summed E-state index contributed by atoms with van der Waals surface area (Å²) in [6, 6.07) is 4.97. The van der Waals surface area contributed by atoms with Crippen LogP contribution in [-0.4, -0.2) is 6.54 Å². The molecule has 0 heterocycles. The molecule has 1 aromatic rings. The Morgan fingerprint density at radius 3 is 2.73 bits per heavy atom. The normalized spacial score (nSPS) is 10.6. The van der Waals surface area contributed by atoms with Crippen molar-refractivity contribution in [2.75, 3.05) is 6.54 Å². The van der Waals surface area contributed by atoms with Gasteiger partial charge in [-0.2, -0.15) is 0 Å². The minimum atomic E-state index is -0.151. The molecule has 0 unspecified atom stereocenters. The van der Waals surface area contributed by atoms with E-state index in [1.165, 1.54) is 30.9 Å². The number of rotatable bonds is 6. The summed E-state index contributed by atoms with van der Waals surface area (Å²) in [4.78, 5) is 0. The van der Waals surface area contributed by atoms with E-state index in [0.29, 0.717) is 0 Å². The molecule has 0 saturated carbocycles. The highest BCUT2D eigenvalue weighted by Crippen LogP contribution is 2.09. The molecule has 1 N–H and O–H groups in total. The summed E-state index contributed by atoms with van der Waals surface area (Å²) in [5, 5.41) is 3.37. The van der Waals surface area contributed by atoms with Crippen LogP contribution in [0.25, 0.3) is 0 Å². The lowest BCUT2D eigenvalue weighted by Crippen LogP contribution is -2.15. The van der Waals surface area contributed by atoms with Gasteiger partial charge in [0.2, 0.25) is 0 Å². The van der Waals surface area contributed by atoms with E-state index in [-0.39, 0.29) is 5.82 Å². The Hall–Kier alpha value is -0.890. The Morgan fingerprint density at radius 2 is 2.07 bits per heavy atom. The van der Waals surface area contributed by atoms with Gasteiger partial charge in [-0.05, 0) is 43.1 Å². The van der Waals surface area contributed by atoms with E-state index < -0.39 is 0 Å². The molecule has 1 nitrogen and oxygen atoms in total. The van der Waals surface area contributed by atoms with E-state index in [4.69, 9.17) is 0 Å². The van der Waals surface area contributed by atoms with E-state index in [0.717, 1.165) is 18.7 Å². The molecule has 0 radical (unpaired) electrons. The summed E-state index contributed by atoms with van der Waals surface area (Å²) in [6.07, 6.45) is 3.74. The third-order valence-corrected chi connectivity index (χ3v) is 2.58. The van der Waals surface area contributed by atoms with Gasteiger partial charge in [-0.25, -0.2) is 4.39 Å². The van der Waals surface area contributed by atoms with Crippen LogP contribution in [-0.2, 0) is 6.54 Å². The van der Waals surface area contributed by atoms with Gasteiger partial charge in [-0.15, -0.1) is 0 Å². The summed E-state index contributed by atoms with van der Waals surface area (Å²) >= 11 is 0. The average Bonchev–Trinajstić information content (AvgIpc) is 2.20. The number of unbranched alkanes of at least 4 members (excludes halogenated alkanes) is 2. The monoisotopic (exact) mass is 209 g/mol. The zero-order valence-corrected chi connectivity index (χ0v) is 9.65. The maximum absolute atomic E-state index is 12.8. The molecule has 0 saturated heterocycles. The summed E-state index contributed by atoms with van der Waals surface area (Å²) < 4.78 is 12.8. The van der Waals surface area contributed by atoms with Gasteiger partial charge in [0.15, 0.2) is 0 Å². The van der Waals surface area contributed by atoms with Crippen molar-refractivity contribution in [3.8, 4) is 0 Å². The Morgan fingerprint density at radius 1 is 1.27 bits per heavy atom. The third-order valence-electron chi connectivity index (χ3n) is 2.58. The fourth-order valence-corrected chi connectivity index (χ4v) is 1.58. The number of aryl methyl sites for hydroxylation is 1. The van der Waals surface area contributed by atoms with Crippen LogP contribution in [0.4, 0.5) is 4.39 Å². The lowest BCUT2D eigenvalue weighted by Gasteiger charge is -2.07. The van der Waals surface area contributed by atoms with E-state index >= 15 is 0 Å². The van der Waals surface area contributed by atoms with Gasteiger partial charge >= 0.3 is 0 Å². The van der Waals surface area contributed by atoms with Gasteiger partial charge in [-0.1, -0.05) is 25.8 Å². The number of nitrogens with one attached hydrogen (secondary N) is 1. The second-order valence-electron chi connectivity index (χ2n) is 3.95. The minimum absolute atomic E-state index is 0.151. The smallest absolute Gasteiger partial charge is 0.123 e. The summed E-state index contributed by atoms with van der Waals surface area (Å²) in [5.74, 6) is -0.151. The number of hydrogen-bond donors (Lipinski definition) is 1. The molecule has 15 heavy (non-hydrogen) atoms. The zero-order chi connectivity index (χ0) is 11.1. The molecule has 0 bridgehead atoms. The quantitative estimate of drug-likeness (QED) is 0.708. The van der Waals surface area contributed by atoms with E-state index in [9.17, 15) is 4.39 Å². The maximum atomic E-state index is 12.8. The van der Waals surface area contributed by atoms with Crippen LogP contribution in [0.15, 0.2) is 18.2 Å². The number of hydrogen-bond acceptors (Lipinski definition) is 1. The second-order valence-corrected chi connectivity index (χ2v) is 3.95. The number of benzene rings is 1. The lowest BCUT2D eigenvalue weighted by atomic mass is 10.1. The fraction of sp³-hybridized carbons (Fsp3) is 0.538. The standard InChI is InChI=1S/C13H20FN/c1-3-4-5-8-15-10-12-6-7-13(14)9-11(12)2/h6-7,9,15H,3-5,8,10H2,1-2H3. The van der Waals surface area contributed by atoms with E-state index in [1.807, 2.05) is 13.0 Å². The predicted molar refractivity (Wildman–Crippen MR) is 62.4 cm³/mol. The van der Waals surface area contributed by atoms with Crippen molar-refractivity contribution in [2.24, 2.45) is 0 Å². The molecule has 0 aliphatic carbocycles. The van der Waals surface area contributed by atoms with Crippen molar-refractivity contribution in [3.05, 3.63) is 35.1 Å². The number of halogens is 1. The Balaban J connectivity index is 2.31. The van der Waals surface area contributed by atoms with Crippen LogP contribution >= 0.6 is 0 Å². The van der Waals surface area contributed by atoms with Crippen molar-refractivity contribution in [1.82, 2.24) is 5.32 Å². The predicted octanol–water partition coefficient (Wildman–Crippen LogP) is 3.41. The second kappa shape index (κ2) is 6.57. The Labute approximate surface area is 91.7 Å². The lowest BCUT2D eigenvalue weighted by molar-refractivity contribution is 0.609. The topological polar surface area (TPSA) is 12.0 Å². The molecule has 0 aliphatic heterocycles. The Kier molecular flexibility index (Phi) is 5.33. The van der Waals surface area contributed by atoms with Crippen LogP contribution in [0.3, 0.4) is 0 Å². The van der Waals surface area contributed by atoms with Crippen molar-refractivity contribution >= 4 is 0 Å². The van der Waals surface area contributed by atoms with Crippen molar-refractivity contribution in [2.45, 2.75) is 39.7 Å². The van der Waals surface area contributed by atoms with Crippen LogP contribution in [0.5, 0.6) is 0 Å². The molecule has 0 spiro atoms. The highest BCUT2D eigenvalue weighted by Gasteiger charge is 1.98. The first-order valence-electron chi connectivity index (χ1n) is 5.69. The van der Waals surface area contributed by atoms with Gasteiger partial charge in [0.25, 0.3) is 0 Å². The van der Waals surface area contributed by atoms with Gasteiger partial charge < -0.3 is 5.32 Å². The minimum Gasteiger partial charge on any atom is -0.313 e. The van der Waals surface area contributed by atoms with Gasteiger partial charge in [0, 0.05) is 6.54 Å². The average molecular weight is 209 g/mol. The van der Waals surface area contributed by atoms with Crippen LogP contribution in [0.1, 0.15) is 37.3 Å². The zero-order valence-electron chi connectivity index (χ0n) is 9.65. The summed E-state index contributed by atoms with van der Waals surface area (Å²) in [6.45, 7) is 6.04. The van der Waals surface area contributed by atoms with E-state index in [1.54, 1.807) is 6.07 Å². The molecular weight excluding hydrogens is 189 g/mol. The molecule has 1 aromatic carbocycles. The maximum Gasteiger partial charge on any atom is 0.123 e. The summed E-state index contributed by atoms with van der Waals surface area (Å²) in [7, 11) is 0. The molecule has 0 amide bonds. The molecule has 84 valence electrons. The van der Waals surface area contributed by atoms with Crippen molar-refractivity contribution in [1.29, 1.82) is 0 Å². The van der Waals surface area contributed by atoms with Gasteiger partial charge in [-0.3, -0.25) is 0 Å². The highest BCUT2D eigenvalue weighted by atomic mass is 19.1. The first-order valence-corrected chi connectivity index (χ1v) is 5.69. The molecule has 2 heteroatoms. The molecule has 0 atom stereocenters. The summed E-state index contributed by atoms with van der Waals surface area (Å²) in [5.41, 5.74) is 2.21.